The van der Waals surface area contributed by atoms with Gasteiger partial charge >= 0.3 is 5.97 Å². The quantitative estimate of drug-likeness (QED) is 0.459. The number of aliphatic hydroxyl groups is 2. The number of hydrogen-bond donors (Lipinski definition) is 2. The minimum absolute atomic E-state index is 0.239. The predicted molar refractivity (Wildman–Crippen MR) is 43.5 cm³/mol. The first-order valence-electron chi connectivity index (χ1n) is 3.56. The monoisotopic (exact) mass is 174 g/mol. The van der Waals surface area contributed by atoms with Crippen LogP contribution >= 0.6 is 0 Å². The van der Waals surface area contributed by atoms with E-state index in [9.17, 15) is 4.79 Å². The van der Waals surface area contributed by atoms with Crippen molar-refractivity contribution in [2.24, 2.45) is 0 Å². The summed E-state index contributed by atoms with van der Waals surface area (Å²) in [6.45, 7) is 5.48. The van der Waals surface area contributed by atoms with E-state index in [0.29, 0.717) is 0 Å². The van der Waals surface area contributed by atoms with E-state index in [0.717, 1.165) is 0 Å². The predicted octanol–water partition coefficient (Wildman–Crippen LogP) is -0.151. The van der Waals surface area contributed by atoms with E-state index in [1.54, 1.807) is 0 Å². The molecule has 0 fully saturated rings. The summed E-state index contributed by atoms with van der Waals surface area (Å²) in [6, 6.07) is 0. The van der Waals surface area contributed by atoms with E-state index < -0.39 is 24.8 Å². The van der Waals surface area contributed by atoms with Crippen LogP contribution in [-0.4, -0.2) is 35.0 Å². The standard InChI is InChI=1S/C8H14O4/c1-6(2)7(11)12-8(3,4-9)5-10/h9-10H,1,4-5H2,2-3H3. The highest BCUT2D eigenvalue weighted by Crippen LogP contribution is 2.10. The molecule has 0 rings (SSSR count). The Morgan fingerprint density at radius 2 is 1.92 bits per heavy atom. The molecule has 0 heterocycles. The zero-order chi connectivity index (χ0) is 9.78. The van der Waals surface area contributed by atoms with Crippen LogP contribution in [0.5, 0.6) is 0 Å². The zero-order valence-electron chi connectivity index (χ0n) is 7.33. The van der Waals surface area contributed by atoms with Crippen LogP contribution in [0, 0.1) is 0 Å². The Morgan fingerprint density at radius 3 is 2.17 bits per heavy atom. The molecule has 0 bridgehead atoms. The van der Waals surface area contributed by atoms with Gasteiger partial charge in [0.1, 0.15) is 0 Å². The van der Waals surface area contributed by atoms with Crippen LogP contribution in [0.1, 0.15) is 13.8 Å². The summed E-state index contributed by atoms with van der Waals surface area (Å²) < 4.78 is 4.76. The molecule has 0 atom stereocenters. The molecule has 0 saturated carbocycles. The fourth-order valence-corrected chi connectivity index (χ4v) is 0.425. The Kier molecular flexibility index (Phi) is 3.92. The Labute approximate surface area is 71.5 Å². The van der Waals surface area contributed by atoms with Crippen molar-refractivity contribution in [3.63, 3.8) is 0 Å². The maximum Gasteiger partial charge on any atom is 0.333 e. The van der Waals surface area contributed by atoms with Crippen LogP contribution in [0.2, 0.25) is 0 Å². The number of carbonyl (C=O) groups is 1. The van der Waals surface area contributed by atoms with E-state index >= 15 is 0 Å². The average molecular weight is 174 g/mol. The van der Waals surface area contributed by atoms with Crippen LogP contribution in [0.25, 0.3) is 0 Å². The smallest absolute Gasteiger partial charge is 0.333 e. The van der Waals surface area contributed by atoms with Gasteiger partial charge < -0.3 is 14.9 Å². The molecule has 12 heavy (non-hydrogen) atoms. The van der Waals surface area contributed by atoms with Gasteiger partial charge in [0.2, 0.25) is 0 Å². The van der Waals surface area contributed by atoms with E-state index in [-0.39, 0.29) is 5.57 Å². The summed E-state index contributed by atoms with van der Waals surface area (Å²) in [5, 5.41) is 17.5. The highest BCUT2D eigenvalue weighted by molar-refractivity contribution is 5.87. The molecule has 4 heteroatoms. The Bertz CT molecular complexity index is 181. The number of esters is 1. The lowest BCUT2D eigenvalue weighted by atomic mass is 10.1. The molecular formula is C8H14O4. The van der Waals surface area contributed by atoms with E-state index in [2.05, 4.69) is 6.58 Å². The van der Waals surface area contributed by atoms with Gasteiger partial charge in [-0.05, 0) is 13.8 Å². The lowest BCUT2D eigenvalue weighted by Crippen LogP contribution is -2.39. The first-order chi connectivity index (χ1) is 5.45. The molecule has 0 aromatic rings. The first kappa shape index (κ1) is 11.1. The number of aliphatic hydroxyl groups excluding tert-OH is 2. The second-order valence-electron chi connectivity index (χ2n) is 2.94. The third-order valence-corrected chi connectivity index (χ3v) is 1.36. The maximum absolute atomic E-state index is 10.9. The number of carbonyl (C=O) groups excluding carboxylic acids is 1. The second-order valence-corrected chi connectivity index (χ2v) is 2.94. The van der Waals surface area contributed by atoms with Crippen LogP contribution < -0.4 is 0 Å². The van der Waals surface area contributed by atoms with Crippen molar-refractivity contribution in [1.29, 1.82) is 0 Å². The van der Waals surface area contributed by atoms with Crippen LogP contribution in [0.15, 0.2) is 12.2 Å². The maximum atomic E-state index is 10.9. The third kappa shape index (κ3) is 3.02. The fourth-order valence-electron chi connectivity index (χ4n) is 0.425. The molecule has 0 radical (unpaired) electrons. The minimum Gasteiger partial charge on any atom is -0.451 e. The van der Waals surface area contributed by atoms with Crippen molar-refractivity contribution in [2.75, 3.05) is 13.2 Å². The molecule has 0 aliphatic rings. The molecule has 0 aromatic carbocycles. The van der Waals surface area contributed by atoms with Gasteiger partial charge in [0.05, 0.1) is 13.2 Å². The summed E-state index contributed by atoms with van der Waals surface area (Å²) in [5.74, 6) is -0.611. The van der Waals surface area contributed by atoms with Gasteiger partial charge in [-0.15, -0.1) is 0 Å². The Morgan fingerprint density at radius 1 is 1.50 bits per heavy atom. The highest BCUT2D eigenvalue weighted by atomic mass is 16.6. The van der Waals surface area contributed by atoms with Crippen molar-refractivity contribution in [3.05, 3.63) is 12.2 Å². The van der Waals surface area contributed by atoms with Crippen LogP contribution in [-0.2, 0) is 9.53 Å². The van der Waals surface area contributed by atoms with Crippen molar-refractivity contribution in [2.45, 2.75) is 19.4 Å². The first-order valence-corrected chi connectivity index (χ1v) is 3.56. The van der Waals surface area contributed by atoms with Gasteiger partial charge in [0.15, 0.2) is 5.60 Å². The molecule has 0 aliphatic carbocycles. The Hall–Kier alpha value is -0.870. The van der Waals surface area contributed by atoms with Crippen molar-refractivity contribution >= 4 is 5.97 Å². The van der Waals surface area contributed by atoms with Gasteiger partial charge in [-0.3, -0.25) is 0 Å². The molecule has 0 aliphatic heterocycles. The SMILES string of the molecule is C=C(C)C(=O)OC(C)(CO)CO. The normalized spacial score (nSPS) is 11.0. The lowest BCUT2D eigenvalue weighted by Gasteiger charge is -2.24. The van der Waals surface area contributed by atoms with Crippen molar-refractivity contribution < 1.29 is 19.7 Å². The second kappa shape index (κ2) is 4.23. The molecule has 0 saturated heterocycles. The van der Waals surface area contributed by atoms with Crippen molar-refractivity contribution in [3.8, 4) is 0 Å². The Balaban J connectivity index is 4.21. The largest absolute Gasteiger partial charge is 0.451 e. The van der Waals surface area contributed by atoms with E-state index in [1.807, 2.05) is 0 Å². The molecule has 2 N–H and O–H groups in total. The van der Waals surface area contributed by atoms with E-state index in [4.69, 9.17) is 14.9 Å². The van der Waals surface area contributed by atoms with Gasteiger partial charge in [-0.25, -0.2) is 4.79 Å². The molecule has 4 nitrogen and oxygen atoms in total. The molecule has 70 valence electrons. The number of rotatable bonds is 4. The highest BCUT2D eigenvalue weighted by Gasteiger charge is 2.27. The summed E-state index contributed by atoms with van der Waals surface area (Å²) >= 11 is 0. The molecule has 0 aromatic heterocycles. The molecule has 0 unspecified atom stereocenters. The number of hydrogen-bond acceptors (Lipinski definition) is 4. The van der Waals surface area contributed by atoms with Crippen LogP contribution in [0.4, 0.5) is 0 Å². The van der Waals surface area contributed by atoms with Gasteiger partial charge in [-0.2, -0.15) is 0 Å². The average Bonchev–Trinajstić information content (AvgIpc) is 2.04. The fraction of sp³-hybridized carbons (Fsp3) is 0.625. The van der Waals surface area contributed by atoms with Crippen molar-refractivity contribution in [1.82, 2.24) is 0 Å². The van der Waals surface area contributed by atoms with Gasteiger partial charge in [-0.1, -0.05) is 6.58 Å². The lowest BCUT2D eigenvalue weighted by molar-refractivity contribution is -0.162. The summed E-state index contributed by atoms with van der Waals surface area (Å²) in [7, 11) is 0. The topological polar surface area (TPSA) is 66.8 Å². The number of ether oxygens (including phenoxy) is 1. The van der Waals surface area contributed by atoms with Gasteiger partial charge in [0, 0.05) is 5.57 Å². The minimum atomic E-state index is -1.21. The zero-order valence-corrected chi connectivity index (χ0v) is 7.33. The summed E-state index contributed by atoms with van der Waals surface area (Å²) in [4.78, 5) is 10.9. The molecular weight excluding hydrogens is 160 g/mol. The summed E-state index contributed by atoms with van der Waals surface area (Å²) in [5.41, 5.74) is -0.973. The summed E-state index contributed by atoms with van der Waals surface area (Å²) in [6.07, 6.45) is 0. The van der Waals surface area contributed by atoms with E-state index in [1.165, 1.54) is 13.8 Å². The molecule has 0 amide bonds. The van der Waals surface area contributed by atoms with Crippen LogP contribution in [0.3, 0.4) is 0 Å². The third-order valence-electron chi connectivity index (χ3n) is 1.36. The molecule has 0 spiro atoms. The van der Waals surface area contributed by atoms with Gasteiger partial charge in [0.25, 0.3) is 0 Å².